The summed E-state index contributed by atoms with van der Waals surface area (Å²) in [5.41, 5.74) is 3.98. The summed E-state index contributed by atoms with van der Waals surface area (Å²) >= 11 is 0. The van der Waals surface area contributed by atoms with Gasteiger partial charge in [0.25, 0.3) is 0 Å². The normalized spacial score (nSPS) is 18.4. The number of benzene rings is 2. The Morgan fingerprint density at radius 2 is 1.95 bits per heavy atom. The average Bonchev–Trinajstić information content (AvgIpc) is 2.84. The van der Waals surface area contributed by atoms with Crippen LogP contribution in [0.25, 0.3) is 22.6 Å². The quantitative estimate of drug-likeness (QED) is 0.644. The van der Waals surface area contributed by atoms with Gasteiger partial charge >= 0.3 is 0 Å². The topological polar surface area (TPSA) is 65.4 Å². The van der Waals surface area contributed by atoms with Gasteiger partial charge in [0.05, 0.1) is 5.52 Å². The molecule has 0 fully saturated rings. The molecule has 0 bridgehead atoms. The highest BCUT2D eigenvalue weighted by atomic mass is 16.3. The highest BCUT2D eigenvalue weighted by Crippen LogP contribution is 2.36. The number of para-hydroxylation sites is 1. The number of rotatable bonds is 1. The highest BCUT2D eigenvalue weighted by Gasteiger charge is 2.23. The number of phenols is 1. The number of anilines is 1. The Hall–Kier alpha value is -2.85. The molecule has 0 radical (unpaired) electrons. The fourth-order valence-electron chi connectivity index (χ4n) is 2.80. The van der Waals surface area contributed by atoms with Crippen LogP contribution in [0.3, 0.4) is 0 Å². The van der Waals surface area contributed by atoms with E-state index in [-0.39, 0.29) is 5.75 Å². The maximum absolute atomic E-state index is 10.2. The number of nitrogens with zero attached hydrogens (tertiary/aromatic N) is 1. The number of nitrogens with one attached hydrogen (secondary N) is 1. The largest absolute Gasteiger partial charge is 0.507 e. The van der Waals surface area contributed by atoms with Crippen molar-refractivity contribution in [3.63, 3.8) is 0 Å². The van der Waals surface area contributed by atoms with E-state index < -0.39 is 6.23 Å². The molecule has 0 aliphatic carbocycles. The van der Waals surface area contributed by atoms with Gasteiger partial charge in [0.15, 0.2) is 6.23 Å². The molecule has 0 saturated carbocycles. The van der Waals surface area contributed by atoms with E-state index in [1.54, 1.807) is 12.3 Å². The number of phenolic OH excluding ortho intramolecular Hbond substituents is 1. The van der Waals surface area contributed by atoms with E-state index in [1.165, 1.54) is 0 Å². The van der Waals surface area contributed by atoms with Crippen molar-refractivity contribution in [2.45, 2.75) is 6.23 Å². The molecule has 3 aromatic rings. The van der Waals surface area contributed by atoms with Gasteiger partial charge in [-0.1, -0.05) is 24.3 Å². The minimum atomic E-state index is -0.776. The van der Waals surface area contributed by atoms with Crippen LogP contribution in [-0.2, 0) is 0 Å². The van der Waals surface area contributed by atoms with Crippen LogP contribution < -0.4 is 5.32 Å². The lowest BCUT2D eigenvalue weighted by Crippen LogP contribution is -2.12. The summed E-state index contributed by atoms with van der Waals surface area (Å²) in [4.78, 5) is 4.22. The Balaban J connectivity index is 1.88. The van der Waals surface area contributed by atoms with Crippen LogP contribution in [0.15, 0.2) is 54.7 Å². The first-order valence-electron chi connectivity index (χ1n) is 7.06. The predicted molar refractivity (Wildman–Crippen MR) is 87.4 cm³/mol. The van der Waals surface area contributed by atoms with Gasteiger partial charge in [-0.2, -0.15) is 0 Å². The molecule has 1 atom stereocenters. The van der Waals surface area contributed by atoms with E-state index in [2.05, 4.69) is 10.3 Å². The van der Waals surface area contributed by atoms with Crippen molar-refractivity contribution in [1.29, 1.82) is 0 Å². The molecular formula is C18H14N2O2. The van der Waals surface area contributed by atoms with Gasteiger partial charge in [0, 0.05) is 40.0 Å². The van der Waals surface area contributed by atoms with Crippen molar-refractivity contribution in [2.75, 3.05) is 5.32 Å². The highest BCUT2D eigenvalue weighted by molar-refractivity contribution is 5.96. The minimum absolute atomic E-state index is 0.148. The summed E-state index contributed by atoms with van der Waals surface area (Å²) in [7, 11) is 0. The standard InChI is InChI=1S/C18H14N2O2/c21-17-10-16-11(4-3-7-19-16)8-12(17)9-14-13-5-1-2-6-15(13)20-18(14)22/h1-10,18,20-22H. The van der Waals surface area contributed by atoms with Crippen molar-refractivity contribution < 1.29 is 10.2 Å². The molecule has 0 saturated heterocycles. The summed E-state index contributed by atoms with van der Waals surface area (Å²) in [6, 6.07) is 15.0. The van der Waals surface area contributed by atoms with Crippen molar-refractivity contribution in [3.05, 3.63) is 65.9 Å². The third-order valence-corrected chi connectivity index (χ3v) is 3.89. The molecule has 4 rings (SSSR count). The molecule has 4 heteroatoms. The zero-order valence-corrected chi connectivity index (χ0v) is 11.7. The molecule has 0 spiro atoms. The van der Waals surface area contributed by atoms with Gasteiger partial charge in [0.1, 0.15) is 5.75 Å². The van der Waals surface area contributed by atoms with Gasteiger partial charge < -0.3 is 15.5 Å². The van der Waals surface area contributed by atoms with E-state index >= 15 is 0 Å². The number of fused-ring (bicyclic) bond motifs is 2. The van der Waals surface area contributed by atoms with Crippen LogP contribution in [0, 0.1) is 0 Å². The molecule has 22 heavy (non-hydrogen) atoms. The first-order valence-corrected chi connectivity index (χ1v) is 7.06. The fraction of sp³-hybridized carbons (Fsp3) is 0.0556. The zero-order valence-electron chi connectivity index (χ0n) is 11.7. The second-order valence-corrected chi connectivity index (χ2v) is 5.30. The number of hydrogen-bond acceptors (Lipinski definition) is 4. The number of aliphatic hydroxyl groups is 1. The first kappa shape index (κ1) is 12.9. The maximum atomic E-state index is 10.2. The summed E-state index contributed by atoms with van der Waals surface area (Å²) in [6.07, 6.45) is 2.73. The monoisotopic (exact) mass is 290 g/mol. The smallest absolute Gasteiger partial charge is 0.151 e. The SMILES string of the molecule is Oc1cc2ncccc2cc1C=C1c2ccccc2NC1O. The number of hydrogen-bond donors (Lipinski definition) is 3. The van der Waals surface area contributed by atoms with Crippen LogP contribution in [0.1, 0.15) is 11.1 Å². The predicted octanol–water partition coefficient (Wildman–Crippen LogP) is 3.22. The summed E-state index contributed by atoms with van der Waals surface area (Å²) in [5, 5.41) is 24.4. The molecule has 1 aromatic heterocycles. The Labute approximate surface area is 127 Å². The minimum Gasteiger partial charge on any atom is -0.507 e. The van der Waals surface area contributed by atoms with Gasteiger partial charge in [-0.05, 0) is 24.3 Å². The summed E-state index contributed by atoms with van der Waals surface area (Å²) in [6.45, 7) is 0. The summed E-state index contributed by atoms with van der Waals surface area (Å²) in [5.74, 6) is 0.148. The van der Waals surface area contributed by atoms with Gasteiger partial charge in [-0.25, -0.2) is 0 Å². The lowest BCUT2D eigenvalue weighted by molar-refractivity contribution is 0.266. The van der Waals surface area contributed by atoms with Crippen LogP contribution >= 0.6 is 0 Å². The second kappa shape index (κ2) is 4.86. The van der Waals surface area contributed by atoms with Gasteiger partial charge in [-0.3, -0.25) is 4.98 Å². The molecule has 3 N–H and O–H groups in total. The van der Waals surface area contributed by atoms with E-state index in [9.17, 15) is 10.2 Å². The zero-order chi connectivity index (χ0) is 15.1. The molecule has 1 unspecified atom stereocenters. The molecule has 4 nitrogen and oxygen atoms in total. The molecule has 108 valence electrons. The molecule has 2 heterocycles. The van der Waals surface area contributed by atoms with E-state index in [1.807, 2.05) is 48.5 Å². The Bertz CT molecular complexity index is 902. The van der Waals surface area contributed by atoms with Gasteiger partial charge in [-0.15, -0.1) is 0 Å². The lowest BCUT2D eigenvalue weighted by atomic mass is 10.0. The van der Waals surface area contributed by atoms with E-state index in [0.717, 1.165) is 27.7 Å². The van der Waals surface area contributed by atoms with Gasteiger partial charge in [0.2, 0.25) is 0 Å². The molecule has 1 aliphatic heterocycles. The third-order valence-electron chi connectivity index (χ3n) is 3.89. The van der Waals surface area contributed by atoms with Crippen LogP contribution in [-0.4, -0.2) is 21.4 Å². The van der Waals surface area contributed by atoms with Crippen molar-refractivity contribution in [2.24, 2.45) is 0 Å². The van der Waals surface area contributed by atoms with E-state index in [0.29, 0.717) is 5.56 Å². The third kappa shape index (κ3) is 2.01. The average molecular weight is 290 g/mol. The Morgan fingerprint density at radius 1 is 1.09 bits per heavy atom. The number of pyridine rings is 1. The molecule has 2 aromatic carbocycles. The Kier molecular flexibility index (Phi) is 2.84. The number of aromatic hydroxyl groups is 1. The number of aromatic nitrogens is 1. The lowest BCUT2D eigenvalue weighted by Gasteiger charge is -2.07. The molecule has 1 aliphatic rings. The van der Waals surface area contributed by atoms with Crippen LogP contribution in [0.5, 0.6) is 5.75 Å². The summed E-state index contributed by atoms with van der Waals surface area (Å²) < 4.78 is 0. The fourth-order valence-corrected chi connectivity index (χ4v) is 2.80. The van der Waals surface area contributed by atoms with Crippen LogP contribution in [0.2, 0.25) is 0 Å². The van der Waals surface area contributed by atoms with Crippen LogP contribution in [0.4, 0.5) is 5.69 Å². The van der Waals surface area contributed by atoms with Crippen molar-refractivity contribution in [1.82, 2.24) is 4.98 Å². The molecule has 0 amide bonds. The Morgan fingerprint density at radius 3 is 2.86 bits per heavy atom. The second-order valence-electron chi connectivity index (χ2n) is 5.30. The van der Waals surface area contributed by atoms with Crippen molar-refractivity contribution >= 4 is 28.2 Å². The number of aliphatic hydroxyl groups excluding tert-OH is 1. The molecular weight excluding hydrogens is 276 g/mol. The van der Waals surface area contributed by atoms with E-state index in [4.69, 9.17) is 0 Å². The first-order chi connectivity index (χ1) is 10.7. The van der Waals surface area contributed by atoms with Crippen molar-refractivity contribution in [3.8, 4) is 5.75 Å². The maximum Gasteiger partial charge on any atom is 0.151 e.